The Bertz CT molecular complexity index is 1510. The highest BCUT2D eigenvalue weighted by molar-refractivity contribution is 5.99. The summed E-state index contributed by atoms with van der Waals surface area (Å²) >= 11 is 0. The molecule has 0 fully saturated rings. The summed E-state index contributed by atoms with van der Waals surface area (Å²) in [7, 11) is 0. The molecule has 2 atom stereocenters. The zero-order chi connectivity index (χ0) is 25.1. The van der Waals surface area contributed by atoms with Gasteiger partial charge in [-0.25, -0.2) is 0 Å². The second kappa shape index (κ2) is 9.50. The van der Waals surface area contributed by atoms with Gasteiger partial charge in [-0.15, -0.1) is 0 Å². The molecule has 6 nitrogen and oxygen atoms in total. The fourth-order valence-electron chi connectivity index (χ4n) is 5.02. The van der Waals surface area contributed by atoms with Gasteiger partial charge in [-0.2, -0.15) is 0 Å². The third-order valence-electron chi connectivity index (χ3n) is 6.70. The molecule has 0 radical (unpaired) electrons. The van der Waals surface area contributed by atoms with Crippen LogP contribution < -0.4 is 0 Å². The SMILES string of the molecule is CC(OC=O)(c1ccccc1)C(c1ccccc1)c1[nH]c2ccc([N+](=O)[O-])cc2c1-c1ccccc1. The number of non-ortho nitro benzene ring substituents is 1. The Morgan fingerprint density at radius 3 is 2.11 bits per heavy atom. The molecule has 0 bridgehead atoms. The summed E-state index contributed by atoms with van der Waals surface area (Å²) < 4.78 is 5.93. The first kappa shape index (κ1) is 23.1. The molecule has 0 aliphatic heterocycles. The van der Waals surface area contributed by atoms with E-state index in [9.17, 15) is 14.9 Å². The molecular formula is C30H24N2O4. The van der Waals surface area contributed by atoms with Crippen molar-refractivity contribution in [1.82, 2.24) is 4.98 Å². The fourth-order valence-corrected chi connectivity index (χ4v) is 5.02. The normalized spacial score (nSPS) is 13.6. The Kier molecular flexibility index (Phi) is 6.09. The van der Waals surface area contributed by atoms with Crippen molar-refractivity contribution in [3.8, 4) is 11.1 Å². The number of fused-ring (bicyclic) bond motifs is 1. The van der Waals surface area contributed by atoms with Crippen molar-refractivity contribution >= 4 is 23.1 Å². The number of carbonyl (C=O) groups excluding carboxylic acids is 1. The number of aromatic nitrogens is 1. The number of nitro benzene ring substituents is 1. The largest absolute Gasteiger partial charge is 0.456 e. The van der Waals surface area contributed by atoms with Crippen molar-refractivity contribution < 1.29 is 14.5 Å². The van der Waals surface area contributed by atoms with Gasteiger partial charge >= 0.3 is 0 Å². The highest BCUT2D eigenvalue weighted by Crippen LogP contribution is 2.48. The molecule has 1 N–H and O–H groups in total. The van der Waals surface area contributed by atoms with Crippen LogP contribution in [0.15, 0.2) is 109 Å². The van der Waals surface area contributed by atoms with E-state index in [1.807, 2.05) is 97.9 Å². The van der Waals surface area contributed by atoms with Crippen LogP contribution in [0, 0.1) is 10.1 Å². The molecule has 2 unspecified atom stereocenters. The zero-order valence-electron chi connectivity index (χ0n) is 19.6. The second-order valence-corrected chi connectivity index (χ2v) is 8.80. The number of hydrogen-bond donors (Lipinski definition) is 1. The van der Waals surface area contributed by atoms with Gasteiger partial charge in [0.25, 0.3) is 12.2 Å². The van der Waals surface area contributed by atoms with E-state index < -0.39 is 11.5 Å². The molecule has 1 heterocycles. The highest BCUT2D eigenvalue weighted by atomic mass is 16.6. The number of aromatic amines is 1. The molecule has 6 heteroatoms. The molecule has 0 spiro atoms. The minimum atomic E-state index is -1.08. The van der Waals surface area contributed by atoms with Gasteiger partial charge in [0.15, 0.2) is 0 Å². The van der Waals surface area contributed by atoms with Crippen LogP contribution in [0.3, 0.4) is 0 Å². The van der Waals surface area contributed by atoms with Gasteiger partial charge in [-0.05, 0) is 29.7 Å². The van der Waals surface area contributed by atoms with Crippen molar-refractivity contribution in [1.29, 1.82) is 0 Å². The Morgan fingerprint density at radius 2 is 1.50 bits per heavy atom. The Labute approximate surface area is 208 Å². The van der Waals surface area contributed by atoms with E-state index in [0.29, 0.717) is 6.47 Å². The van der Waals surface area contributed by atoms with Crippen LogP contribution in [0.1, 0.15) is 29.7 Å². The number of nitrogens with one attached hydrogen (secondary N) is 1. The molecular weight excluding hydrogens is 452 g/mol. The van der Waals surface area contributed by atoms with E-state index in [-0.39, 0.29) is 10.6 Å². The third kappa shape index (κ3) is 4.03. The molecule has 0 saturated carbocycles. The number of nitrogens with zero attached hydrogens (tertiary/aromatic N) is 1. The average molecular weight is 477 g/mol. The zero-order valence-corrected chi connectivity index (χ0v) is 19.6. The van der Waals surface area contributed by atoms with Crippen LogP contribution in [0.2, 0.25) is 0 Å². The first-order chi connectivity index (χ1) is 17.5. The summed E-state index contributed by atoms with van der Waals surface area (Å²) in [4.78, 5) is 26.7. The van der Waals surface area contributed by atoms with E-state index in [1.165, 1.54) is 6.07 Å². The van der Waals surface area contributed by atoms with Crippen LogP contribution in [0.5, 0.6) is 0 Å². The number of rotatable bonds is 8. The number of ether oxygens (including phenoxy) is 1. The summed E-state index contributed by atoms with van der Waals surface area (Å²) in [5.74, 6) is -0.451. The van der Waals surface area contributed by atoms with E-state index >= 15 is 0 Å². The third-order valence-corrected chi connectivity index (χ3v) is 6.70. The molecule has 5 aromatic rings. The number of nitro groups is 1. The van der Waals surface area contributed by atoms with Gasteiger partial charge in [-0.1, -0.05) is 91.0 Å². The van der Waals surface area contributed by atoms with Gasteiger partial charge in [0.05, 0.1) is 10.8 Å². The van der Waals surface area contributed by atoms with Crippen LogP contribution in [-0.4, -0.2) is 16.4 Å². The molecule has 1 aromatic heterocycles. The van der Waals surface area contributed by atoms with Gasteiger partial charge in [0.1, 0.15) is 5.60 Å². The molecule has 0 amide bonds. The van der Waals surface area contributed by atoms with Crippen molar-refractivity contribution in [2.45, 2.75) is 18.4 Å². The Morgan fingerprint density at radius 1 is 0.889 bits per heavy atom. The predicted octanol–water partition coefficient (Wildman–Crippen LogP) is 6.96. The number of H-pyrrole nitrogens is 1. The number of hydrogen-bond acceptors (Lipinski definition) is 4. The average Bonchev–Trinajstić information content (AvgIpc) is 3.28. The van der Waals surface area contributed by atoms with Crippen LogP contribution >= 0.6 is 0 Å². The van der Waals surface area contributed by atoms with E-state index in [2.05, 4.69) is 4.98 Å². The smallest absolute Gasteiger partial charge is 0.293 e. The summed E-state index contributed by atoms with van der Waals surface area (Å²) in [5, 5.41) is 12.4. The first-order valence-corrected chi connectivity index (χ1v) is 11.6. The molecule has 0 aliphatic carbocycles. The lowest BCUT2D eigenvalue weighted by molar-refractivity contribution is -0.384. The van der Waals surface area contributed by atoms with Crippen molar-refractivity contribution in [2.24, 2.45) is 0 Å². The number of carbonyl (C=O) groups is 1. The van der Waals surface area contributed by atoms with Crippen LogP contribution in [0.25, 0.3) is 22.0 Å². The van der Waals surface area contributed by atoms with Crippen LogP contribution in [0.4, 0.5) is 5.69 Å². The quantitative estimate of drug-likeness (QED) is 0.149. The van der Waals surface area contributed by atoms with Crippen molar-refractivity contribution in [3.63, 3.8) is 0 Å². The van der Waals surface area contributed by atoms with Gasteiger partial charge in [0, 0.05) is 34.3 Å². The van der Waals surface area contributed by atoms with E-state index in [1.54, 1.807) is 12.1 Å². The predicted molar refractivity (Wildman–Crippen MR) is 140 cm³/mol. The van der Waals surface area contributed by atoms with Gasteiger partial charge in [0.2, 0.25) is 0 Å². The Hall–Kier alpha value is -4.71. The fraction of sp³-hybridized carbons (Fsp3) is 0.100. The molecule has 0 saturated heterocycles. The Balaban J connectivity index is 1.88. The highest BCUT2D eigenvalue weighted by Gasteiger charge is 2.42. The lowest BCUT2D eigenvalue weighted by atomic mass is 9.75. The molecule has 36 heavy (non-hydrogen) atoms. The molecule has 4 aromatic carbocycles. The van der Waals surface area contributed by atoms with Crippen molar-refractivity contribution in [2.75, 3.05) is 0 Å². The van der Waals surface area contributed by atoms with Gasteiger partial charge in [-0.3, -0.25) is 14.9 Å². The lowest BCUT2D eigenvalue weighted by Crippen LogP contribution is -2.34. The summed E-state index contributed by atoms with van der Waals surface area (Å²) in [6, 6.07) is 34.0. The minimum Gasteiger partial charge on any atom is -0.456 e. The lowest BCUT2D eigenvalue weighted by Gasteiger charge is -2.37. The van der Waals surface area contributed by atoms with Crippen molar-refractivity contribution in [3.05, 3.63) is 136 Å². The van der Waals surface area contributed by atoms with Crippen LogP contribution in [-0.2, 0) is 15.1 Å². The first-order valence-electron chi connectivity index (χ1n) is 11.6. The maximum atomic E-state index is 11.9. The summed E-state index contributed by atoms with van der Waals surface area (Å²) in [6.45, 7) is 2.38. The maximum absolute atomic E-state index is 11.9. The molecule has 5 rings (SSSR count). The number of benzene rings is 4. The molecule has 0 aliphatic rings. The summed E-state index contributed by atoms with van der Waals surface area (Å²) in [5.41, 5.74) is 3.99. The van der Waals surface area contributed by atoms with E-state index in [4.69, 9.17) is 4.74 Å². The summed E-state index contributed by atoms with van der Waals surface area (Å²) in [6.07, 6.45) is 0. The van der Waals surface area contributed by atoms with Gasteiger partial charge < -0.3 is 9.72 Å². The molecule has 178 valence electrons. The van der Waals surface area contributed by atoms with E-state index in [0.717, 1.165) is 38.9 Å². The maximum Gasteiger partial charge on any atom is 0.293 e. The standard InChI is InChI=1S/C30H24N2O4/c1-30(36-20-33,23-15-9-4-10-16-23)28(22-13-7-3-8-14-22)29-27(21-11-5-2-6-12-21)25-19-24(32(34)35)17-18-26(25)31-29/h2-20,28,31H,1H3. The topological polar surface area (TPSA) is 85.2 Å². The monoisotopic (exact) mass is 476 g/mol. The second-order valence-electron chi connectivity index (χ2n) is 8.80. The minimum absolute atomic E-state index is 0.0106.